The quantitative estimate of drug-likeness (QED) is 0.754. The van der Waals surface area contributed by atoms with Gasteiger partial charge in [-0.2, -0.15) is 0 Å². The molecule has 0 spiro atoms. The van der Waals surface area contributed by atoms with E-state index in [0.717, 1.165) is 31.6 Å². The highest BCUT2D eigenvalue weighted by atomic mass is 35.5. The van der Waals surface area contributed by atoms with E-state index in [-0.39, 0.29) is 11.8 Å². The molecule has 4 rings (SSSR count). The Hall–Kier alpha value is -1.93. The first-order valence-corrected chi connectivity index (χ1v) is 11.4. The summed E-state index contributed by atoms with van der Waals surface area (Å²) in [4.78, 5) is 28.9. The van der Waals surface area contributed by atoms with E-state index >= 15 is 0 Å². The minimum atomic E-state index is -1.00. The van der Waals surface area contributed by atoms with Gasteiger partial charge in [0.1, 0.15) is 5.54 Å². The van der Waals surface area contributed by atoms with Crippen molar-refractivity contribution >= 4 is 40.4 Å². The summed E-state index contributed by atoms with van der Waals surface area (Å²) in [5.41, 5.74) is 2.37. The Morgan fingerprint density at radius 3 is 2.53 bits per heavy atom. The second-order valence-corrected chi connectivity index (χ2v) is 9.71. The molecule has 1 aromatic carbocycles. The van der Waals surface area contributed by atoms with Crippen molar-refractivity contribution in [3.63, 3.8) is 0 Å². The molecule has 0 aliphatic carbocycles. The minimum Gasteiger partial charge on any atom is -0.381 e. The first kappa shape index (κ1) is 21.3. The van der Waals surface area contributed by atoms with E-state index in [1.807, 2.05) is 6.07 Å². The maximum atomic E-state index is 13.3. The van der Waals surface area contributed by atoms with E-state index in [2.05, 4.69) is 34.7 Å². The van der Waals surface area contributed by atoms with Crippen LogP contribution in [0, 0.1) is 0 Å². The molecule has 3 heterocycles. The number of carbonyl (C=O) groups excluding carboxylic acids is 2. The van der Waals surface area contributed by atoms with Crippen molar-refractivity contribution in [2.24, 2.45) is 0 Å². The Balaban J connectivity index is 1.52. The molecule has 0 unspecified atom stereocenters. The van der Waals surface area contributed by atoms with Gasteiger partial charge in [-0.05, 0) is 55.3 Å². The van der Waals surface area contributed by atoms with E-state index in [4.69, 9.17) is 16.3 Å². The normalized spacial score (nSPS) is 18.9. The smallest absolute Gasteiger partial charge is 0.262 e. The van der Waals surface area contributed by atoms with Gasteiger partial charge in [-0.1, -0.05) is 17.7 Å². The number of thiophene rings is 1. The van der Waals surface area contributed by atoms with Gasteiger partial charge in [0.05, 0.1) is 9.21 Å². The molecule has 0 saturated carbocycles. The highest BCUT2D eigenvalue weighted by Crippen LogP contribution is 2.27. The number of ether oxygens (including phenoxy) is 1. The molecule has 160 valence electrons. The summed E-state index contributed by atoms with van der Waals surface area (Å²) in [6.45, 7) is 2.90. The molecule has 2 N–H and O–H groups in total. The molecule has 2 aromatic rings. The molecule has 1 aromatic heterocycles. The topological polar surface area (TPSA) is 70.7 Å². The number of hydrogen-bond acceptors (Lipinski definition) is 5. The van der Waals surface area contributed by atoms with Gasteiger partial charge in [-0.3, -0.25) is 9.59 Å². The van der Waals surface area contributed by atoms with E-state index in [9.17, 15) is 9.59 Å². The number of hydrogen-bond donors (Lipinski definition) is 2. The van der Waals surface area contributed by atoms with Crippen LogP contribution in [0.5, 0.6) is 0 Å². The van der Waals surface area contributed by atoms with Gasteiger partial charge in [0, 0.05) is 44.8 Å². The van der Waals surface area contributed by atoms with Crippen molar-refractivity contribution in [3.05, 3.63) is 50.7 Å². The molecule has 30 heavy (non-hydrogen) atoms. The molecule has 0 bridgehead atoms. The van der Waals surface area contributed by atoms with Crippen molar-refractivity contribution in [2.45, 2.75) is 31.2 Å². The van der Waals surface area contributed by atoms with Crippen LogP contribution in [0.1, 0.15) is 33.6 Å². The summed E-state index contributed by atoms with van der Waals surface area (Å²) < 4.78 is 6.00. The average Bonchev–Trinajstić information content (AvgIpc) is 3.09. The SMILES string of the molecule is CN1CCc2ccc(NC(=O)C3(NC(=O)c4ccc(Cl)s4)CCOCC3)cc2CC1. The van der Waals surface area contributed by atoms with Gasteiger partial charge in [0.25, 0.3) is 5.91 Å². The van der Waals surface area contributed by atoms with Crippen molar-refractivity contribution in [3.8, 4) is 0 Å². The molecule has 2 aliphatic heterocycles. The predicted octanol–water partition coefficient (Wildman–Crippen LogP) is 3.35. The zero-order valence-electron chi connectivity index (χ0n) is 17.0. The highest BCUT2D eigenvalue weighted by molar-refractivity contribution is 7.18. The van der Waals surface area contributed by atoms with Gasteiger partial charge in [-0.25, -0.2) is 0 Å². The second kappa shape index (κ2) is 9.06. The van der Waals surface area contributed by atoms with Crippen LogP contribution < -0.4 is 10.6 Å². The third-order valence-corrected chi connectivity index (χ3v) is 7.15. The fourth-order valence-corrected chi connectivity index (χ4v) is 4.95. The zero-order valence-corrected chi connectivity index (χ0v) is 18.6. The predicted molar refractivity (Wildman–Crippen MR) is 120 cm³/mol. The number of amides is 2. The zero-order chi connectivity index (χ0) is 21.1. The molecule has 0 radical (unpaired) electrons. The summed E-state index contributed by atoms with van der Waals surface area (Å²) in [7, 11) is 2.13. The first-order chi connectivity index (χ1) is 14.4. The number of nitrogens with zero attached hydrogens (tertiary/aromatic N) is 1. The van der Waals surface area contributed by atoms with Gasteiger partial charge in [0.15, 0.2) is 0 Å². The van der Waals surface area contributed by atoms with Gasteiger partial charge in [-0.15, -0.1) is 11.3 Å². The van der Waals surface area contributed by atoms with Crippen LogP contribution in [0.15, 0.2) is 30.3 Å². The Labute approximate surface area is 185 Å². The van der Waals surface area contributed by atoms with Crippen molar-refractivity contribution in [2.75, 3.05) is 38.7 Å². The highest BCUT2D eigenvalue weighted by Gasteiger charge is 2.42. The van der Waals surface area contributed by atoms with Crippen LogP contribution in [-0.2, 0) is 22.4 Å². The number of nitrogens with one attached hydrogen (secondary N) is 2. The van der Waals surface area contributed by atoms with Crippen LogP contribution in [-0.4, -0.2) is 55.6 Å². The number of fused-ring (bicyclic) bond motifs is 1. The van der Waals surface area contributed by atoms with Gasteiger partial charge < -0.3 is 20.3 Å². The molecule has 2 amide bonds. The van der Waals surface area contributed by atoms with E-state index in [1.165, 1.54) is 22.5 Å². The van der Waals surface area contributed by atoms with Crippen LogP contribution in [0.25, 0.3) is 0 Å². The molecule has 1 fully saturated rings. The van der Waals surface area contributed by atoms with Crippen LogP contribution in [0.2, 0.25) is 4.34 Å². The van der Waals surface area contributed by atoms with Crippen LogP contribution in [0.3, 0.4) is 0 Å². The average molecular weight is 448 g/mol. The van der Waals surface area contributed by atoms with E-state index in [0.29, 0.717) is 35.3 Å². The minimum absolute atomic E-state index is 0.201. The van der Waals surface area contributed by atoms with Gasteiger partial charge in [0.2, 0.25) is 5.91 Å². The number of halogens is 1. The number of anilines is 1. The molecule has 6 nitrogen and oxygen atoms in total. The second-order valence-electron chi connectivity index (χ2n) is 7.99. The monoisotopic (exact) mass is 447 g/mol. The maximum absolute atomic E-state index is 13.3. The summed E-state index contributed by atoms with van der Waals surface area (Å²) in [6.07, 6.45) is 2.84. The largest absolute Gasteiger partial charge is 0.381 e. The lowest BCUT2D eigenvalue weighted by Gasteiger charge is -2.36. The fraction of sp³-hybridized carbons (Fsp3) is 0.455. The number of rotatable bonds is 4. The summed E-state index contributed by atoms with van der Waals surface area (Å²) >= 11 is 7.17. The Morgan fingerprint density at radius 2 is 1.83 bits per heavy atom. The van der Waals surface area contributed by atoms with Gasteiger partial charge >= 0.3 is 0 Å². The summed E-state index contributed by atoms with van der Waals surface area (Å²) in [5, 5.41) is 6.03. The number of benzene rings is 1. The lowest BCUT2D eigenvalue weighted by atomic mass is 9.88. The van der Waals surface area contributed by atoms with E-state index < -0.39 is 5.54 Å². The molecule has 1 saturated heterocycles. The Kier molecular flexibility index (Phi) is 6.43. The molecule has 2 aliphatic rings. The number of carbonyl (C=O) groups is 2. The van der Waals surface area contributed by atoms with Crippen molar-refractivity contribution in [1.82, 2.24) is 10.2 Å². The third-order valence-electron chi connectivity index (χ3n) is 5.92. The summed E-state index contributed by atoms with van der Waals surface area (Å²) in [6, 6.07) is 9.49. The lowest BCUT2D eigenvalue weighted by Crippen LogP contribution is -2.59. The standard InChI is InChI=1S/C22H26ClN3O3S/c1-26-10-6-15-2-3-17(14-16(15)7-11-26)24-21(28)22(8-12-29-13-9-22)25-20(27)18-4-5-19(23)30-18/h2-5,14H,6-13H2,1H3,(H,24,28)(H,25,27). The Morgan fingerprint density at radius 1 is 1.10 bits per heavy atom. The Bertz CT molecular complexity index is 939. The molecular formula is C22H26ClN3O3S. The van der Waals surface area contributed by atoms with Crippen LogP contribution >= 0.6 is 22.9 Å². The molecule has 8 heteroatoms. The van der Waals surface area contributed by atoms with Crippen molar-refractivity contribution < 1.29 is 14.3 Å². The van der Waals surface area contributed by atoms with Crippen LogP contribution in [0.4, 0.5) is 5.69 Å². The summed E-state index contributed by atoms with van der Waals surface area (Å²) in [5.74, 6) is -0.485. The first-order valence-electron chi connectivity index (χ1n) is 10.2. The molecular weight excluding hydrogens is 422 g/mol. The maximum Gasteiger partial charge on any atom is 0.262 e. The van der Waals surface area contributed by atoms with Crippen molar-refractivity contribution in [1.29, 1.82) is 0 Å². The number of likely N-dealkylation sites (N-methyl/N-ethyl adjacent to an activating group) is 1. The fourth-order valence-electron chi connectivity index (χ4n) is 4.01. The third kappa shape index (κ3) is 4.70. The van der Waals surface area contributed by atoms with E-state index in [1.54, 1.807) is 12.1 Å². The molecule has 0 atom stereocenters. The lowest BCUT2D eigenvalue weighted by molar-refractivity contribution is -0.125.